The zero-order valence-electron chi connectivity index (χ0n) is 15.0. The summed E-state index contributed by atoms with van der Waals surface area (Å²) >= 11 is 0. The molecule has 2 aromatic carbocycles. The van der Waals surface area contributed by atoms with E-state index in [4.69, 9.17) is 5.14 Å². The Morgan fingerprint density at radius 1 is 1.17 bits per heavy atom. The molecule has 0 saturated heterocycles. The number of fused-ring (bicyclic) bond motifs is 1. The minimum atomic E-state index is -1.64. The van der Waals surface area contributed by atoms with Gasteiger partial charge in [-0.15, -0.1) is 5.10 Å². The number of rotatable bonds is 6. The van der Waals surface area contributed by atoms with E-state index in [-0.39, 0.29) is 5.95 Å². The third kappa shape index (κ3) is 4.00. The highest BCUT2D eigenvalue weighted by Crippen LogP contribution is 2.22. The minimum absolute atomic E-state index is 0.240. The molecule has 0 bridgehead atoms. The van der Waals surface area contributed by atoms with Gasteiger partial charge in [0.1, 0.15) is 11.0 Å². The first-order valence-electron chi connectivity index (χ1n) is 8.55. The number of aromatic nitrogens is 5. The number of nitrogens with zero attached hydrogens (tertiary/aromatic N) is 5. The third-order valence-corrected chi connectivity index (χ3v) is 5.04. The van der Waals surface area contributed by atoms with Gasteiger partial charge in [-0.25, -0.2) is 9.35 Å². The molecular formula is C17H16BN7O3S. The molecule has 1 atom stereocenters. The lowest BCUT2D eigenvalue weighted by atomic mass is 9.80. The highest BCUT2D eigenvalue weighted by Gasteiger charge is 2.14. The number of hydrogen-bond donors (Lipinski definition) is 4. The fourth-order valence-electron chi connectivity index (χ4n) is 2.88. The summed E-state index contributed by atoms with van der Waals surface area (Å²) in [7, 11) is -3.16. The van der Waals surface area contributed by atoms with E-state index in [0.717, 1.165) is 5.56 Å². The van der Waals surface area contributed by atoms with Gasteiger partial charge in [0.05, 0.1) is 22.8 Å². The van der Waals surface area contributed by atoms with Gasteiger partial charge in [-0.3, -0.25) is 0 Å². The Kier molecular flexibility index (Phi) is 5.31. The second kappa shape index (κ2) is 8.05. The van der Waals surface area contributed by atoms with Gasteiger partial charge in [0.15, 0.2) is 5.82 Å². The summed E-state index contributed by atoms with van der Waals surface area (Å²) in [5.74, 6) is 0.705. The standard InChI is InChI=1S/C17H16BN7O3S/c19-29(28)15-6-2-5-14-13(15)9-22-25(14)17-23-16(10-21-24-17)20-8-11-3-1-4-12(7-11)18(26)27/h1-7,9-10,26-27H,8,19H2,(H,20,23,24). The van der Waals surface area contributed by atoms with Crippen LogP contribution in [0.25, 0.3) is 16.9 Å². The van der Waals surface area contributed by atoms with Crippen LogP contribution in [0.2, 0.25) is 0 Å². The molecule has 1 unspecified atom stereocenters. The van der Waals surface area contributed by atoms with Crippen molar-refractivity contribution < 1.29 is 14.3 Å². The van der Waals surface area contributed by atoms with Crippen molar-refractivity contribution in [2.75, 3.05) is 5.32 Å². The smallest absolute Gasteiger partial charge is 0.423 e. The normalized spacial score (nSPS) is 12.1. The first-order valence-corrected chi connectivity index (χ1v) is 9.76. The maximum Gasteiger partial charge on any atom is 0.488 e. The molecule has 2 heterocycles. The summed E-state index contributed by atoms with van der Waals surface area (Å²) in [4.78, 5) is 4.90. The maximum absolute atomic E-state index is 11.7. The topological polar surface area (TPSA) is 152 Å². The molecule has 12 heteroatoms. The van der Waals surface area contributed by atoms with Gasteiger partial charge in [0.25, 0.3) is 5.95 Å². The van der Waals surface area contributed by atoms with Gasteiger partial charge < -0.3 is 15.4 Å². The summed E-state index contributed by atoms with van der Waals surface area (Å²) in [6, 6.07) is 12.1. The Balaban J connectivity index is 1.60. The van der Waals surface area contributed by atoms with Crippen LogP contribution in [-0.4, -0.2) is 46.3 Å². The molecule has 0 radical (unpaired) electrons. The summed E-state index contributed by atoms with van der Waals surface area (Å²) in [6.07, 6.45) is 3.03. The summed E-state index contributed by atoms with van der Waals surface area (Å²) in [6.45, 7) is 0.398. The molecule has 0 aliphatic rings. The Hall–Kier alpha value is -3.19. The van der Waals surface area contributed by atoms with E-state index < -0.39 is 18.1 Å². The molecule has 10 nitrogen and oxygen atoms in total. The van der Waals surface area contributed by atoms with E-state index in [1.807, 2.05) is 6.07 Å². The lowest BCUT2D eigenvalue weighted by Crippen LogP contribution is -2.30. The fourth-order valence-corrected chi connectivity index (χ4v) is 3.47. The molecule has 2 aromatic heterocycles. The van der Waals surface area contributed by atoms with Crippen LogP contribution in [0.3, 0.4) is 0 Å². The van der Waals surface area contributed by atoms with Crippen molar-refractivity contribution in [3.05, 3.63) is 60.4 Å². The molecule has 4 aromatic rings. The van der Waals surface area contributed by atoms with Crippen molar-refractivity contribution in [1.82, 2.24) is 25.0 Å². The van der Waals surface area contributed by atoms with Crippen LogP contribution in [0, 0.1) is 0 Å². The van der Waals surface area contributed by atoms with Crippen molar-refractivity contribution in [1.29, 1.82) is 0 Å². The van der Waals surface area contributed by atoms with Gasteiger partial charge >= 0.3 is 7.12 Å². The average molecular weight is 409 g/mol. The summed E-state index contributed by atoms with van der Waals surface area (Å²) < 4.78 is 13.2. The Labute approximate surface area is 168 Å². The van der Waals surface area contributed by atoms with E-state index >= 15 is 0 Å². The van der Waals surface area contributed by atoms with Crippen molar-refractivity contribution in [3.63, 3.8) is 0 Å². The van der Waals surface area contributed by atoms with Gasteiger partial charge in [0, 0.05) is 11.9 Å². The van der Waals surface area contributed by atoms with E-state index in [2.05, 4.69) is 25.6 Å². The minimum Gasteiger partial charge on any atom is -0.423 e. The second-order valence-corrected chi connectivity index (χ2v) is 7.19. The van der Waals surface area contributed by atoms with Crippen molar-refractivity contribution in [2.45, 2.75) is 11.4 Å². The van der Waals surface area contributed by atoms with Crippen LogP contribution in [0.15, 0.2) is 59.8 Å². The summed E-state index contributed by atoms with van der Waals surface area (Å²) in [5, 5.41) is 40.1. The molecule has 4 rings (SSSR count). The molecule has 29 heavy (non-hydrogen) atoms. The highest BCUT2D eigenvalue weighted by atomic mass is 32.2. The monoisotopic (exact) mass is 409 g/mol. The highest BCUT2D eigenvalue weighted by molar-refractivity contribution is 7.83. The lowest BCUT2D eigenvalue weighted by molar-refractivity contribution is 0.425. The van der Waals surface area contributed by atoms with Crippen molar-refractivity contribution >= 4 is 40.3 Å². The van der Waals surface area contributed by atoms with E-state index in [1.54, 1.807) is 42.6 Å². The van der Waals surface area contributed by atoms with Crippen LogP contribution in [-0.2, 0) is 17.5 Å². The van der Waals surface area contributed by atoms with Crippen LogP contribution in [0.1, 0.15) is 5.56 Å². The van der Waals surface area contributed by atoms with Gasteiger partial charge in [-0.1, -0.05) is 30.3 Å². The van der Waals surface area contributed by atoms with Crippen LogP contribution in [0.4, 0.5) is 5.82 Å². The fraction of sp³-hybridized carbons (Fsp3) is 0.0588. The average Bonchev–Trinajstić information content (AvgIpc) is 3.17. The molecule has 0 spiro atoms. The first kappa shape index (κ1) is 19.1. The van der Waals surface area contributed by atoms with Crippen LogP contribution < -0.4 is 15.9 Å². The molecule has 0 aliphatic heterocycles. The Bertz CT molecular complexity index is 1200. The third-order valence-electron chi connectivity index (χ3n) is 4.25. The predicted octanol–water partition coefficient (Wildman–Crippen LogP) is -0.516. The van der Waals surface area contributed by atoms with Gasteiger partial charge in [-0.05, 0) is 23.2 Å². The summed E-state index contributed by atoms with van der Waals surface area (Å²) in [5.41, 5.74) is 1.90. The number of hydrogen-bond acceptors (Lipinski definition) is 8. The molecule has 0 amide bonds. The lowest BCUT2D eigenvalue weighted by Gasteiger charge is -2.08. The van der Waals surface area contributed by atoms with E-state index in [1.165, 1.54) is 10.9 Å². The molecule has 146 valence electrons. The van der Waals surface area contributed by atoms with E-state index in [9.17, 15) is 14.3 Å². The molecular weight excluding hydrogens is 393 g/mol. The Morgan fingerprint density at radius 2 is 2.00 bits per heavy atom. The van der Waals surface area contributed by atoms with Crippen LogP contribution in [0.5, 0.6) is 0 Å². The Morgan fingerprint density at radius 3 is 2.79 bits per heavy atom. The second-order valence-electron chi connectivity index (χ2n) is 6.16. The largest absolute Gasteiger partial charge is 0.488 e. The predicted molar refractivity (Wildman–Crippen MR) is 109 cm³/mol. The molecule has 0 aliphatic carbocycles. The number of nitrogens with one attached hydrogen (secondary N) is 1. The van der Waals surface area contributed by atoms with Gasteiger partial charge in [-0.2, -0.15) is 19.9 Å². The quantitative estimate of drug-likeness (QED) is 0.311. The molecule has 5 N–H and O–H groups in total. The zero-order chi connectivity index (χ0) is 20.4. The SMILES string of the molecule is NS(=O)c1cccc2c1cnn2-c1nncc(NCc2cccc(B(O)O)c2)n1. The maximum atomic E-state index is 11.7. The first-order chi connectivity index (χ1) is 14.0. The van der Waals surface area contributed by atoms with Crippen molar-refractivity contribution in [3.8, 4) is 5.95 Å². The zero-order valence-corrected chi connectivity index (χ0v) is 15.8. The molecule has 0 fully saturated rings. The number of benzene rings is 2. The van der Waals surface area contributed by atoms with E-state index in [0.29, 0.717) is 33.6 Å². The molecule has 0 saturated carbocycles. The van der Waals surface area contributed by atoms with Gasteiger partial charge in [0.2, 0.25) is 0 Å². The van der Waals surface area contributed by atoms with Crippen LogP contribution >= 0.6 is 0 Å². The number of nitrogens with two attached hydrogens (primary N) is 1. The number of anilines is 1. The van der Waals surface area contributed by atoms with Crippen molar-refractivity contribution in [2.24, 2.45) is 5.14 Å².